The molecule has 0 atom stereocenters. The molecule has 1 aromatic carbocycles. The largest absolute Gasteiger partial charge is 0.488 e. The van der Waals surface area contributed by atoms with Gasteiger partial charge in [-0.15, -0.1) is 11.6 Å². The van der Waals surface area contributed by atoms with E-state index in [1.54, 1.807) is 12.1 Å². The fraction of sp³-hybridized carbons (Fsp3) is 0.571. The summed E-state index contributed by atoms with van der Waals surface area (Å²) < 4.78 is 24.2. The van der Waals surface area contributed by atoms with Crippen molar-refractivity contribution in [3.05, 3.63) is 29.6 Å². The fourth-order valence-corrected chi connectivity index (χ4v) is 1.54. The molecule has 0 heterocycles. The first-order chi connectivity index (χ1) is 8.63. The third kappa shape index (κ3) is 5.69. The van der Waals surface area contributed by atoms with Crippen LogP contribution in [0.15, 0.2) is 18.2 Å². The second-order valence-corrected chi connectivity index (χ2v) is 4.81. The van der Waals surface area contributed by atoms with Crippen LogP contribution in [0, 0.1) is 11.7 Å². The van der Waals surface area contributed by atoms with Gasteiger partial charge in [0.15, 0.2) is 11.6 Å². The maximum atomic E-state index is 13.5. The highest BCUT2D eigenvalue weighted by atomic mass is 35.5. The van der Waals surface area contributed by atoms with Crippen LogP contribution < -0.4 is 4.74 Å². The smallest absolute Gasteiger partial charge is 0.165 e. The molecule has 0 saturated heterocycles. The van der Waals surface area contributed by atoms with Crippen molar-refractivity contribution in [3.8, 4) is 5.75 Å². The zero-order valence-corrected chi connectivity index (χ0v) is 11.7. The summed E-state index contributed by atoms with van der Waals surface area (Å²) in [5, 5.41) is 0. The van der Waals surface area contributed by atoms with Crippen LogP contribution in [-0.4, -0.2) is 19.8 Å². The van der Waals surface area contributed by atoms with E-state index in [9.17, 15) is 4.39 Å². The molecular formula is C14H20ClFO2. The first kappa shape index (κ1) is 15.3. The molecule has 18 heavy (non-hydrogen) atoms. The maximum Gasteiger partial charge on any atom is 0.165 e. The molecule has 0 N–H and O–H groups in total. The third-order valence-corrected chi connectivity index (χ3v) is 2.78. The van der Waals surface area contributed by atoms with Crippen molar-refractivity contribution < 1.29 is 13.9 Å². The van der Waals surface area contributed by atoms with Gasteiger partial charge in [-0.25, -0.2) is 4.39 Å². The quantitative estimate of drug-likeness (QED) is 0.527. The van der Waals surface area contributed by atoms with Gasteiger partial charge in [-0.1, -0.05) is 19.9 Å². The van der Waals surface area contributed by atoms with Gasteiger partial charge in [0.2, 0.25) is 0 Å². The Bertz CT molecular complexity index is 356. The molecule has 0 unspecified atom stereocenters. The molecular weight excluding hydrogens is 255 g/mol. The highest BCUT2D eigenvalue weighted by molar-refractivity contribution is 6.17. The monoisotopic (exact) mass is 274 g/mol. The molecule has 0 radical (unpaired) electrons. The minimum Gasteiger partial charge on any atom is -0.488 e. The number of rotatable bonds is 8. The molecule has 0 fully saturated rings. The molecule has 0 aliphatic heterocycles. The molecule has 1 rings (SSSR count). The predicted octanol–water partition coefficient (Wildman–Crippen LogP) is 4.01. The highest BCUT2D eigenvalue weighted by Gasteiger charge is 2.04. The summed E-state index contributed by atoms with van der Waals surface area (Å²) in [5.41, 5.74) is 0.745. The first-order valence-electron chi connectivity index (χ1n) is 6.18. The van der Waals surface area contributed by atoms with Crippen LogP contribution >= 0.6 is 11.6 Å². The van der Waals surface area contributed by atoms with Crippen LogP contribution in [0.25, 0.3) is 0 Å². The lowest BCUT2D eigenvalue weighted by atomic mass is 10.1. The van der Waals surface area contributed by atoms with E-state index in [1.165, 1.54) is 6.07 Å². The second kappa shape index (κ2) is 8.33. The van der Waals surface area contributed by atoms with Gasteiger partial charge in [-0.05, 0) is 30.0 Å². The molecule has 102 valence electrons. The molecule has 1 aromatic rings. The van der Waals surface area contributed by atoms with E-state index >= 15 is 0 Å². The molecule has 0 aliphatic rings. The van der Waals surface area contributed by atoms with Crippen molar-refractivity contribution >= 4 is 11.6 Å². The van der Waals surface area contributed by atoms with Crippen molar-refractivity contribution in [2.75, 3.05) is 19.8 Å². The number of hydrogen-bond acceptors (Lipinski definition) is 2. The second-order valence-electron chi connectivity index (χ2n) is 4.54. The lowest BCUT2D eigenvalue weighted by molar-refractivity contribution is 0.0913. The number of benzene rings is 1. The lowest BCUT2D eigenvalue weighted by Gasteiger charge is -2.09. The molecule has 0 saturated carbocycles. The van der Waals surface area contributed by atoms with E-state index < -0.39 is 0 Å². The van der Waals surface area contributed by atoms with Crippen LogP contribution in [0.4, 0.5) is 4.39 Å². The Morgan fingerprint density at radius 2 is 2.00 bits per heavy atom. The number of alkyl halides is 1. The van der Waals surface area contributed by atoms with E-state index in [1.807, 2.05) is 0 Å². The zero-order chi connectivity index (χ0) is 13.4. The van der Waals surface area contributed by atoms with Crippen LogP contribution in [0.1, 0.15) is 25.8 Å². The summed E-state index contributed by atoms with van der Waals surface area (Å²) in [6, 6.07) is 4.74. The van der Waals surface area contributed by atoms with Crippen molar-refractivity contribution in [1.29, 1.82) is 0 Å². The fourth-order valence-electron chi connectivity index (χ4n) is 1.38. The van der Waals surface area contributed by atoms with E-state index in [2.05, 4.69) is 13.8 Å². The van der Waals surface area contributed by atoms with Crippen LogP contribution in [0.2, 0.25) is 0 Å². The number of ether oxygens (including phenoxy) is 2. The first-order valence-corrected chi connectivity index (χ1v) is 6.72. The van der Waals surface area contributed by atoms with Crippen molar-refractivity contribution in [3.63, 3.8) is 0 Å². The van der Waals surface area contributed by atoms with Gasteiger partial charge in [-0.3, -0.25) is 0 Å². The average molecular weight is 275 g/mol. The number of halogens is 2. The normalized spacial score (nSPS) is 10.9. The summed E-state index contributed by atoms with van der Waals surface area (Å²) in [6.07, 6.45) is 1.03. The van der Waals surface area contributed by atoms with E-state index in [0.717, 1.165) is 12.0 Å². The Kier molecular flexibility index (Phi) is 7.06. The minimum absolute atomic E-state index is 0.247. The summed E-state index contributed by atoms with van der Waals surface area (Å²) in [6.45, 7) is 5.84. The van der Waals surface area contributed by atoms with Crippen molar-refractivity contribution in [2.24, 2.45) is 5.92 Å². The minimum atomic E-state index is -0.379. The standard InChI is InChI=1S/C14H20ClFO2/c1-11(2)5-6-17-7-8-18-14-4-3-12(10-15)9-13(14)16/h3-4,9,11H,5-8,10H2,1-2H3. The van der Waals surface area contributed by atoms with Crippen LogP contribution in [0.3, 0.4) is 0 Å². The van der Waals surface area contributed by atoms with Gasteiger partial charge in [0.05, 0.1) is 6.61 Å². The van der Waals surface area contributed by atoms with Crippen LogP contribution in [0.5, 0.6) is 5.75 Å². The molecule has 0 aliphatic carbocycles. The highest BCUT2D eigenvalue weighted by Crippen LogP contribution is 2.19. The zero-order valence-electron chi connectivity index (χ0n) is 10.9. The van der Waals surface area contributed by atoms with E-state index in [4.69, 9.17) is 21.1 Å². The molecule has 0 spiro atoms. The van der Waals surface area contributed by atoms with Gasteiger partial charge in [0.25, 0.3) is 0 Å². The summed E-state index contributed by atoms with van der Waals surface area (Å²) in [4.78, 5) is 0. The van der Waals surface area contributed by atoms with Gasteiger partial charge in [-0.2, -0.15) is 0 Å². The Hall–Kier alpha value is -0.800. The van der Waals surface area contributed by atoms with Gasteiger partial charge in [0, 0.05) is 12.5 Å². The Labute approximate surface area is 113 Å². The number of hydrogen-bond donors (Lipinski definition) is 0. The van der Waals surface area contributed by atoms with E-state index in [-0.39, 0.29) is 11.6 Å². The molecule has 4 heteroatoms. The van der Waals surface area contributed by atoms with Gasteiger partial charge in [0.1, 0.15) is 6.61 Å². The SMILES string of the molecule is CC(C)CCOCCOc1ccc(CCl)cc1F. The molecule has 0 bridgehead atoms. The van der Waals surface area contributed by atoms with Crippen molar-refractivity contribution in [2.45, 2.75) is 26.1 Å². The summed E-state index contributed by atoms with van der Waals surface area (Å²) in [5.74, 6) is 0.799. The Balaban J connectivity index is 2.23. The Morgan fingerprint density at radius 3 is 2.61 bits per heavy atom. The summed E-state index contributed by atoms with van der Waals surface area (Å²) >= 11 is 5.61. The summed E-state index contributed by atoms with van der Waals surface area (Å²) in [7, 11) is 0. The van der Waals surface area contributed by atoms with E-state index in [0.29, 0.717) is 31.6 Å². The molecule has 2 nitrogen and oxygen atoms in total. The predicted molar refractivity (Wildman–Crippen MR) is 71.7 cm³/mol. The lowest BCUT2D eigenvalue weighted by Crippen LogP contribution is -2.09. The van der Waals surface area contributed by atoms with Gasteiger partial charge < -0.3 is 9.47 Å². The topological polar surface area (TPSA) is 18.5 Å². The maximum absolute atomic E-state index is 13.5. The molecule has 0 amide bonds. The molecule has 0 aromatic heterocycles. The van der Waals surface area contributed by atoms with Crippen molar-refractivity contribution in [1.82, 2.24) is 0 Å². The third-order valence-electron chi connectivity index (χ3n) is 2.48. The van der Waals surface area contributed by atoms with Gasteiger partial charge >= 0.3 is 0 Å². The van der Waals surface area contributed by atoms with Crippen LogP contribution in [-0.2, 0) is 10.6 Å². The Morgan fingerprint density at radius 1 is 1.22 bits per heavy atom. The average Bonchev–Trinajstić information content (AvgIpc) is 2.34.